The minimum atomic E-state index is 0.552. The lowest BCUT2D eigenvalue weighted by molar-refractivity contribution is 0.698. The van der Waals surface area contributed by atoms with Crippen LogP contribution in [-0.4, -0.2) is 4.98 Å². The van der Waals surface area contributed by atoms with Crippen molar-refractivity contribution in [2.24, 2.45) is 5.92 Å². The first-order chi connectivity index (χ1) is 8.49. The smallest absolute Gasteiger partial charge is 0.0450 e. The maximum absolute atomic E-state index is 4.76. The van der Waals surface area contributed by atoms with Crippen LogP contribution in [0.4, 0.5) is 0 Å². The molecule has 2 atom stereocenters. The van der Waals surface area contributed by atoms with Gasteiger partial charge in [-0.3, -0.25) is 4.98 Å². The van der Waals surface area contributed by atoms with Crippen LogP contribution in [0.2, 0.25) is 0 Å². The Morgan fingerprint density at radius 3 is 2.39 bits per heavy atom. The van der Waals surface area contributed by atoms with Crippen molar-refractivity contribution in [2.45, 2.75) is 60.3 Å². The van der Waals surface area contributed by atoms with E-state index < -0.39 is 0 Å². The Morgan fingerprint density at radius 2 is 1.89 bits per heavy atom. The number of aromatic nitrogens is 1. The maximum atomic E-state index is 4.76. The molecule has 1 nitrogen and oxygen atoms in total. The van der Waals surface area contributed by atoms with Crippen molar-refractivity contribution in [2.75, 3.05) is 0 Å². The van der Waals surface area contributed by atoms with Gasteiger partial charge in [-0.05, 0) is 49.3 Å². The average molecular weight is 245 g/mol. The highest BCUT2D eigenvalue weighted by Crippen LogP contribution is 2.23. The molecular formula is C17H27N. The van der Waals surface area contributed by atoms with E-state index in [0.717, 1.165) is 12.1 Å². The summed E-state index contributed by atoms with van der Waals surface area (Å²) in [6.07, 6.45) is 4.69. The van der Waals surface area contributed by atoms with Gasteiger partial charge in [-0.25, -0.2) is 0 Å². The Labute approximate surface area is 112 Å². The van der Waals surface area contributed by atoms with Gasteiger partial charge in [0.25, 0.3) is 0 Å². The highest BCUT2D eigenvalue weighted by Gasteiger charge is 2.08. The molecule has 0 N–H and O–H groups in total. The first-order valence-corrected chi connectivity index (χ1v) is 7.15. The minimum absolute atomic E-state index is 0.552. The van der Waals surface area contributed by atoms with Crippen LogP contribution in [0, 0.1) is 12.8 Å². The van der Waals surface area contributed by atoms with Crippen LogP contribution in [-0.2, 0) is 0 Å². The molecule has 0 aromatic carbocycles. The summed E-state index contributed by atoms with van der Waals surface area (Å²) >= 11 is 0. The van der Waals surface area contributed by atoms with Crippen molar-refractivity contribution in [3.8, 4) is 0 Å². The predicted molar refractivity (Wildman–Crippen MR) is 80.8 cm³/mol. The summed E-state index contributed by atoms with van der Waals surface area (Å²) in [5.41, 5.74) is 5.02. The SMILES string of the molecule is CCC(C)/C=C(/C)c1ccc(C(C)CC)nc1C. The zero-order valence-electron chi connectivity index (χ0n) is 12.7. The predicted octanol–water partition coefficient (Wildman–Crippen LogP) is 5.35. The number of pyridine rings is 1. The van der Waals surface area contributed by atoms with E-state index >= 15 is 0 Å². The summed E-state index contributed by atoms with van der Waals surface area (Å²) < 4.78 is 0. The lowest BCUT2D eigenvalue weighted by Crippen LogP contribution is -2.00. The van der Waals surface area contributed by atoms with Crippen LogP contribution >= 0.6 is 0 Å². The Kier molecular flexibility index (Phi) is 5.58. The molecule has 1 heterocycles. The third-order valence-electron chi connectivity index (χ3n) is 3.83. The Bertz CT molecular complexity index is 418. The molecule has 100 valence electrons. The van der Waals surface area contributed by atoms with Gasteiger partial charge in [0.15, 0.2) is 0 Å². The van der Waals surface area contributed by atoms with Gasteiger partial charge < -0.3 is 0 Å². The van der Waals surface area contributed by atoms with Crippen molar-refractivity contribution in [3.05, 3.63) is 35.2 Å². The molecule has 0 amide bonds. The van der Waals surface area contributed by atoms with Gasteiger partial charge in [0, 0.05) is 11.4 Å². The molecule has 0 aliphatic heterocycles. The van der Waals surface area contributed by atoms with Gasteiger partial charge in [-0.1, -0.05) is 46.3 Å². The Balaban J connectivity index is 3.02. The summed E-state index contributed by atoms with van der Waals surface area (Å²) in [6, 6.07) is 4.42. The zero-order valence-corrected chi connectivity index (χ0v) is 12.7. The van der Waals surface area contributed by atoms with Crippen LogP contribution in [0.5, 0.6) is 0 Å². The topological polar surface area (TPSA) is 12.9 Å². The van der Waals surface area contributed by atoms with Crippen molar-refractivity contribution >= 4 is 5.57 Å². The fourth-order valence-corrected chi connectivity index (χ4v) is 2.12. The summed E-state index contributed by atoms with van der Waals surface area (Å²) in [5, 5.41) is 0. The second kappa shape index (κ2) is 6.72. The molecule has 0 spiro atoms. The van der Waals surface area contributed by atoms with Gasteiger partial charge in [-0.15, -0.1) is 0 Å². The van der Waals surface area contributed by atoms with Crippen molar-refractivity contribution in [1.82, 2.24) is 4.98 Å². The van der Waals surface area contributed by atoms with E-state index in [9.17, 15) is 0 Å². The van der Waals surface area contributed by atoms with E-state index in [1.165, 1.54) is 23.3 Å². The summed E-state index contributed by atoms with van der Waals surface area (Å²) in [6.45, 7) is 13.3. The van der Waals surface area contributed by atoms with E-state index in [2.05, 4.69) is 59.8 Å². The quantitative estimate of drug-likeness (QED) is 0.681. The second-order valence-electron chi connectivity index (χ2n) is 5.41. The summed E-state index contributed by atoms with van der Waals surface area (Å²) in [7, 11) is 0. The molecule has 1 rings (SSSR count). The van der Waals surface area contributed by atoms with E-state index in [1.807, 2.05) is 0 Å². The van der Waals surface area contributed by atoms with E-state index in [1.54, 1.807) is 0 Å². The molecule has 1 aromatic heterocycles. The molecule has 0 radical (unpaired) electrons. The Morgan fingerprint density at radius 1 is 1.22 bits per heavy atom. The number of rotatable bonds is 5. The van der Waals surface area contributed by atoms with Gasteiger partial charge in [0.05, 0.1) is 0 Å². The third kappa shape index (κ3) is 3.69. The normalized spacial score (nSPS) is 15.6. The molecule has 1 heteroatoms. The van der Waals surface area contributed by atoms with Gasteiger partial charge in [-0.2, -0.15) is 0 Å². The average Bonchev–Trinajstić information content (AvgIpc) is 2.37. The molecule has 0 saturated heterocycles. The van der Waals surface area contributed by atoms with Crippen molar-refractivity contribution in [1.29, 1.82) is 0 Å². The summed E-state index contributed by atoms with van der Waals surface area (Å²) in [5.74, 6) is 1.19. The molecule has 2 unspecified atom stereocenters. The molecule has 18 heavy (non-hydrogen) atoms. The molecule has 0 aliphatic rings. The van der Waals surface area contributed by atoms with Gasteiger partial charge in [0.2, 0.25) is 0 Å². The largest absolute Gasteiger partial charge is 0.257 e. The van der Waals surface area contributed by atoms with Gasteiger partial charge in [0.1, 0.15) is 0 Å². The molecule has 0 saturated carbocycles. The molecule has 0 bridgehead atoms. The van der Waals surface area contributed by atoms with Crippen LogP contribution in [0.25, 0.3) is 5.57 Å². The molecule has 0 fully saturated rings. The number of aryl methyl sites for hydroxylation is 1. The fourth-order valence-electron chi connectivity index (χ4n) is 2.12. The highest BCUT2D eigenvalue weighted by atomic mass is 14.7. The second-order valence-corrected chi connectivity index (χ2v) is 5.41. The molecule has 0 aliphatic carbocycles. The lowest BCUT2D eigenvalue weighted by Gasteiger charge is -2.13. The first kappa shape index (κ1) is 14.9. The lowest BCUT2D eigenvalue weighted by atomic mass is 9.97. The highest BCUT2D eigenvalue weighted by molar-refractivity contribution is 5.65. The third-order valence-corrected chi connectivity index (χ3v) is 3.83. The van der Waals surface area contributed by atoms with Crippen LogP contribution in [0.3, 0.4) is 0 Å². The van der Waals surface area contributed by atoms with E-state index in [4.69, 9.17) is 4.98 Å². The van der Waals surface area contributed by atoms with Crippen molar-refractivity contribution < 1.29 is 0 Å². The zero-order chi connectivity index (χ0) is 13.7. The number of hydrogen-bond acceptors (Lipinski definition) is 1. The summed E-state index contributed by atoms with van der Waals surface area (Å²) in [4.78, 5) is 4.76. The Hall–Kier alpha value is -1.11. The number of hydrogen-bond donors (Lipinski definition) is 0. The fraction of sp³-hybridized carbons (Fsp3) is 0.588. The maximum Gasteiger partial charge on any atom is 0.0450 e. The first-order valence-electron chi connectivity index (χ1n) is 7.15. The number of allylic oxidation sites excluding steroid dienone is 2. The monoisotopic (exact) mass is 245 g/mol. The molecular weight excluding hydrogens is 218 g/mol. The van der Waals surface area contributed by atoms with E-state index in [-0.39, 0.29) is 0 Å². The van der Waals surface area contributed by atoms with Crippen molar-refractivity contribution in [3.63, 3.8) is 0 Å². The van der Waals surface area contributed by atoms with Gasteiger partial charge >= 0.3 is 0 Å². The minimum Gasteiger partial charge on any atom is -0.257 e. The number of nitrogens with zero attached hydrogens (tertiary/aromatic N) is 1. The molecule has 1 aromatic rings. The standard InChI is InChI=1S/C17H27N/c1-7-12(3)11-14(5)16-9-10-17(13(4)8-2)18-15(16)6/h9-13H,7-8H2,1-6H3/b14-11-. The van der Waals surface area contributed by atoms with Crippen LogP contribution < -0.4 is 0 Å². The van der Waals surface area contributed by atoms with E-state index in [0.29, 0.717) is 11.8 Å². The van der Waals surface area contributed by atoms with Crippen LogP contribution in [0.1, 0.15) is 70.3 Å². The van der Waals surface area contributed by atoms with Crippen LogP contribution in [0.15, 0.2) is 18.2 Å².